The van der Waals surface area contributed by atoms with Crippen LogP contribution < -0.4 is 15.6 Å². The van der Waals surface area contributed by atoms with Crippen LogP contribution in [0.4, 0.5) is 0 Å². The average Bonchev–Trinajstić information content (AvgIpc) is 3.17. The first kappa shape index (κ1) is 23.0. The van der Waals surface area contributed by atoms with Crippen LogP contribution in [0.5, 0.6) is 5.75 Å². The van der Waals surface area contributed by atoms with Gasteiger partial charge in [0.05, 0.1) is 23.7 Å². The Hall–Kier alpha value is -3.20. The number of aromatic nitrogens is 2. The second kappa shape index (κ2) is 9.74. The highest BCUT2D eigenvalue weighted by Gasteiger charge is 2.23. The van der Waals surface area contributed by atoms with Crippen molar-refractivity contribution in [2.45, 2.75) is 39.8 Å². The quantitative estimate of drug-likeness (QED) is 0.600. The van der Waals surface area contributed by atoms with Gasteiger partial charge in [-0.25, -0.2) is 4.98 Å². The van der Waals surface area contributed by atoms with E-state index in [4.69, 9.17) is 4.74 Å². The van der Waals surface area contributed by atoms with Gasteiger partial charge in [0.25, 0.3) is 11.5 Å². The van der Waals surface area contributed by atoms with E-state index >= 15 is 0 Å². The average molecular weight is 469 g/mol. The number of ether oxygens (including phenoxy) is 1. The highest BCUT2D eigenvalue weighted by atomic mass is 32.1. The van der Waals surface area contributed by atoms with Crippen LogP contribution in [0.3, 0.4) is 0 Å². The molecule has 0 bridgehead atoms. The minimum Gasteiger partial charge on any atom is -0.496 e. The normalized spacial score (nSPS) is 14.5. The van der Waals surface area contributed by atoms with E-state index in [1.165, 1.54) is 22.2 Å². The molecule has 1 aliphatic heterocycles. The van der Waals surface area contributed by atoms with Gasteiger partial charge in [0, 0.05) is 25.2 Å². The molecule has 1 saturated heterocycles. The summed E-state index contributed by atoms with van der Waals surface area (Å²) < 4.78 is 6.68. The number of benzene rings is 1. The van der Waals surface area contributed by atoms with Gasteiger partial charge in [0.1, 0.15) is 17.1 Å². The number of hydrogen-bond donors (Lipinski definition) is 1. The van der Waals surface area contributed by atoms with Gasteiger partial charge in [-0.05, 0) is 37.3 Å². The van der Waals surface area contributed by atoms with E-state index in [-0.39, 0.29) is 23.9 Å². The number of methoxy groups -OCH3 is 1. The minimum absolute atomic E-state index is 0.0409. The number of carbonyl (C=O) groups excluding carboxylic acids is 2. The summed E-state index contributed by atoms with van der Waals surface area (Å²) in [4.78, 5) is 45.8. The molecule has 1 aromatic carbocycles. The Kier molecular flexibility index (Phi) is 6.78. The number of amides is 2. The van der Waals surface area contributed by atoms with Crippen molar-refractivity contribution in [3.05, 3.63) is 57.0 Å². The number of piperidine rings is 1. The number of nitrogens with one attached hydrogen (secondary N) is 1. The zero-order valence-corrected chi connectivity index (χ0v) is 19.9. The molecule has 33 heavy (non-hydrogen) atoms. The zero-order chi connectivity index (χ0) is 23.5. The number of fused-ring (bicyclic) bond motifs is 1. The van der Waals surface area contributed by atoms with E-state index in [0.29, 0.717) is 38.9 Å². The molecular weight excluding hydrogens is 440 g/mol. The third-order valence-corrected chi connectivity index (χ3v) is 7.40. The van der Waals surface area contributed by atoms with Crippen LogP contribution in [0.15, 0.2) is 35.4 Å². The van der Waals surface area contributed by atoms with Crippen LogP contribution in [0.2, 0.25) is 0 Å². The molecule has 0 atom stereocenters. The van der Waals surface area contributed by atoms with Crippen molar-refractivity contribution >= 4 is 33.4 Å². The molecule has 0 radical (unpaired) electrons. The van der Waals surface area contributed by atoms with Crippen LogP contribution in [0, 0.1) is 12.8 Å². The summed E-state index contributed by atoms with van der Waals surface area (Å²) in [5, 5.41) is 3.29. The summed E-state index contributed by atoms with van der Waals surface area (Å²) in [6.45, 7) is 5.64. The van der Waals surface area contributed by atoms with Crippen molar-refractivity contribution in [1.29, 1.82) is 0 Å². The van der Waals surface area contributed by atoms with Gasteiger partial charge in [-0.3, -0.25) is 19.0 Å². The maximum Gasteiger partial charge on any atom is 0.262 e. The first-order valence-electron chi connectivity index (χ1n) is 11.1. The number of carbonyl (C=O) groups is 2. The number of likely N-dealkylation sites (tertiary alicyclic amines) is 1. The number of thiophene rings is 1. The van der Waals surface area contributed by atoms with Crippen LogP contribution >= 0.6 is 11.3 Å². The Bertz CT molecular complexity index is 1240. The summed E-state index contributed by atoms with van der Waals surface area (Å²) in [7, 11) is 1.59. The number of aryl methyl sites for hydroxylation is 1. The Morgan fingerprint density at radius 2 is 1.97 bits per heavy atom. The van der Waals surface area contributed by atoms with E-state index in [9.17, 15) is 14.4 Å². The van der Waals surface area contributed by atoms with E-state index in [2.05, 4.69) is 17.2 Å². The first-order valence-corrected chi connectivity index (χ1v) is 11.9. The molecule has 0 aliphatic carbocycles. The molecule has 0 spiro atoms. The Morgan fingerprint density at radius 1 is 1.24 bits per heavy atom. The molecular formula is C24H28N4O4S. The van der Waals surface area contributed by atoms with Gasteiger partial charge < -0.3 is 15.0 Å². The van der Waals surface area contributed by atoms with Crippen molar-refractivity contribution in [2.24, 2.45) is 5.92 Å². The zero-order valence-electron chi connectivity index (χ0n) is 19.1. The molecule has 2 aromatic heterocycles. The summed E-state index contributed by atoms with van der Waals surface area (Å²) in [5.41, 5.74) is 1.15. The maximum absolute atomic E-state index is 13.1. The molecule has 1 fully saturated rings. The monoisotopic (exact) mass is 468 g/mol. The second-order valence-corrected chi connectivity index (χ2v) is 9.47. The Morgan fingerprint density at radius 3 is 2.70 bits per heavy atom. The summed E-state index contributed by atoms with van der Waals surface area (Å²) in [6.07, 6.45) is 3.37. The fourth-order valence-corrected chi connectivity index (χ4v) is 5.15. The smallest absolute Gasteiger partial charge is 0.262 e. The van der Waals surface area contributed by atoms with Gasteiger partial charge in [0.15, 0.2) is 0 Å². The molecule has 9 heteroatoms. The highest BCUT2D eigenvalue weighted by molar-refractivity contribution is 7.20. The molecule has 1 aliphatic rings. The standard InChI is InChI=1S/C24H28N4O4S/c1-15-8-10-27(11-9-15)19(29)13-28-14-26-23-20(24(28)31)16(2)21(33-23)22(30)25-12-17-6-4-5-7-18(17)32-3/h4-7,14-15H,8-13H2,1-3H3,(H,25,30). The maximum atomic E-state index is 13.1. The fourth-order valence-electron chi connectivity index (χ4n) is 4.10. The number of rotatable bonds is 6. The van der Waals surface area contributed by atoms with Crippen LogP contribution in [0.25, 0.3) is 10.2 Å². The summed E-state index contributed by atoms with van der Waals surface area (Å²) in [6, 6.07) is 7.47. The van der Waals surface area contributed by atoms with Crippen LogP contribution in [-0.4, -0.2) is 46.5 Å². The summed E-state index contributed by atoms with van der Waals surface area (Å²) in [5.74, 6) is 0.970. The van der Waals surface area contributed by atoms with Gasteiger partial charge >= 0.3 is 0 Å². The lowest BCUT2D eigenvalue weighted by Gasteiger charge is -2.30. The predicted molar refractivity (Wildman–Crippen MR) is 128 cm³/mol. The van der Waals surface area contributed by atoms with Gasteiger partial charge in [-0.2, -0.15) is 0 Å². The van der Waals surface area contributed by atoms with Crippen molar-refractivity contribution < 1.29 is 14.3 Å². The van der Waals surface area contributed by atoms with Gasteiger partial charge in [0.2, 0.25) is 5.91 Å². The van der Waals surface area contributed by atoms with Crippen LogP contribution in [-0.2, 0) is 17.9 Å². The SMILES string of the molecule is COc1ccccc1CNC(=O)c1sc2ncn(CC(=O)N3CCC(C)CC3)c(=O)c2c1C. The molecule has 174 valence electrons. The second-order valence-electron chi connectivity index (χ2n) is 8.47. The molecule has 3 heterocycles. The van der Waals surface area contributed by atoms with Crippen molar-refractivity contribution in [3.8, 4) is 5.75 Å². The van der Waals surface area contributed by atoms with E-state index in [0.717, 1.165) is 31.5 Å². The molecule has 2 amide bonds. The topological polar surface area (TPSA) is 93.5 Å². The van der Waals surface area contributed by atoms with E-state index < -0.39 is 0 Å². The lowest BCUT2D eigenvalue weighted by atomic mass is 9.99. The van der Waals surface area contributed by atoms with Gasteiger partial charge in [-0.1, -0.05) is 25.1 Å². The largest absolute Gasteiger partial charge is 0.496 e. The third kappa shape index (κ3) is 4.78. The highest BCUT2D eigenvalue weighted by Crippen LogP contribution is 2.27. The van der Waals surface area contributed by atoms with Gasteiger partial charge in [-0.15, -0.1) is 11.3 Å². The van der Waals surface area contributed by atoms with E-state index in [1.54, 1.807) is 14.0 Å². The number of hydrogen-bond acceptors (Lipinski definition) is 6. The lowest BCUT2D eigenvalue weighted by Crippen LogP contribution is -2.41. The molecule has 0 saturated carbocycles. The third-order valence-electron chi connectivity index (χ3n) is 6.20. The van der Waals surface area contributed by atoms with Crippen molar-refractivity contribution in [1.82, 2.24) is 19.8 Å². The van der Waals surface area contributed by atoms with Crippen molar-refractivity contribution in [3.63, 3.8) is 0 Å². The van der Waals surface area contributed by atoms with Crippen molar-refractivity contribution in [2.75, 3.05) is 20.2 Å². The van der Waals surface area contributed by atoms with Crippen LogP contribution in [0.1, 0.15) is 40.6 Å². The Balaban J connectivity index is 1.52. The lowest BCUT2D eigenvalue weighted by molar-refractivity contribution is -0.133. The minimum atomic E-state index is -0.295. The first-order chi connectivity index (χ1) is 15.9. The molecule has 3 aromatic rings. The fraction of sp³-hybridized carbons (Fsp3) is 0.417. The molecule has 0 unspecified atom stereocenters. The van der Waals surface area contributed by atoms with E-state index in [1.807, 2.05) is 29.2 Å². The predicted octanol–water partition coefficient (Wildman–Crippen LogP) is 2.96. The number of para-hydroxylation sites is 1. The molecule has 8 nitrogen and oxygen atoms in total. The number of nitrogens with zero attached hydrogens (tertiary/aromatic N) is 3. The summed E-state index contributed by atoms with van der Waals surface area (Å²) >= 11 is 1.18. The molecule has 1 N–H and O–H groups in total. The Labute approximate surface area is 196 Å². The molecule has 4 rings (SSSR count).